The second kappa shape index (κ2) is 5.41. The van der Waals surface area contributed by atoms with Crippen molar-refractivity contribution in [2.24, 2.45) is 11.8 Å². The zero-order chi connectivity index (χ0) is 12.3. The molecule has 0 bridgehead atoms. The molecule has 94 valence electrons. The monoisotopic (exact) mass is 235 g/mol. The van der Waals surface area contributed by atoms with Crippen LogP contribution in [0.3, 0.4) is 0 Å². The van der Waals surface area contributed by atoms with Crippen molar-refractivity contribution in [3.05, 3.63) is 23.8 Å². The first kappa shape index (κ1) is 12.2. The van der Waals surface area contributed by atoms with E-state index in [1.807, 2.05) is 12.1 Å². The lowest BCUT2D eigenvalue weighted by Gasteiger charge is -2.11. The number of rotatable bonds is 6. The fraction of sp³-hybridized carbons (Fsp3) is 0.571. The molecule has 2 rings (SSSR count). The van der Waals surface area contributed by atoms with E-state index in [9.17, 15) is 0 Å². The van der Waals surface area contributed by atoms with Crippen LogP contribution in [0.15, 0.2) is 18.2 Å². The molecule has 0 aliphatic heterocycles. The van der Waals surface area contributed by atoms with Crippen molar-refractivity contribution < 1.29 is 9.47 Å². The van der Waals surface area contributed by atoms with E-state index in [4.69, 9.17) is 9.47 Å². The first-order valence-corrected chi connectivity index (χ1v) is 6.16. The van der Waals surface area contributed by atoms with Crippen molar-refractivity contribution >= 4 is 0 Å². The molecular formula is C14H21NO2. The number of nitrogens with one attached hydrogen (secondary N) is 1. The third kappa shape index (κ3) is 3.13. The van der Waals surface area contributed by atoms with Gasteiger partial charge in [0.2, 0.25) is 0 Å². The van der Waals surface area contributed by atoms with E-state index in [-0.39, 0.29) is 0 Å². The second-order valence-corrected chi connectivity index (χ2v) is 4.78. The Morgan fingerprint density at radius 2 is 2.06 bits per heavy atom. The first-order valence-electron chi connectivity index (χ1n) is 6.16. The van der Waals surface area contributed by atoms with Gasteiger partial charge in [0, 0.05) is 18.2 Å². The molecule has 0 amide bonds. The molecule has 1 aromatic carbocycles. The Morgan fingerprint density at radius 3 is 2.65 bits per heavy atom. The van der Waals surface area contributed by atoms with Crippen LogP contribution in [0.5, 0.6) is 11.5 Å². The summed E-state index contributed by atoms with van der Waals surface area (Å²) in [5.41, 5.74) is 1.18. The largest absolute Gasteiger partial charge is 0.497 e. The quantitative estimate of drug-likeness (QED) is 0.821. The van der Waals surface area contributed by atoms with Crippen molar-refractivity contribution in [3.8, 4) is 11.5 Å². The molecule has 1 saturated carbocycles. The highest BCUT2D eigenvalue weighted by atomic mass is 16.5. The van der Waals surface area contributed by atoms with Gasteiger partial charge in [-0.05, 0) is 30.9 Å². The summed E-state index contributed by atoms with van der Waals surface area (Å²) in [7, 11) is 3.36. The summed E-state index contributed by atoms with van der Waals surface area (Å²) in [4.78, 5) is 0. The van der Waals surface area contributed by atoms with E-state index in [1.165, 1.54) is 12.0 Å². The summed E-state index contributed by atoms with van der Waals surface area (Å²) < 4.78 is 10.5. The van der Waals surface area contributed by atoms with Crippen LogP contribution in [0.2, 0.25) is 0 Å². The minimum Gasteiger partial charge on any atom is -0.497 e. The van der Waals surface area contributed by atoms with Gasteiger partial charge in [0.25, 0.3) is 0 Å². The van der Waals surface area contributed by atoms with Crippen molar-refractivity contribution in [2.75, 3.05) is 20.8 Å². The molecule has 0 heterocycles. The van der Waals surface area contributed by atoms with Crippen molar-refractivity contribution in [1.29, 1.82) is 0 Å². The van der Waals surface area contributed by atoms with Gasteiger partial charge in [0.05, 0.1) is 14.2 Å². The average molecular weight is 235 g/mol. The molecule has 3 heteroatoms. The Bertz CT molecular complexity index is 378. The zero-order valence-electron chi connectivity index (χ0n) is 10.8. The van der Waals surface area contributed by atoms with Gasteiger partial charge in [-0.25, -0.2) is 0 Å². The van der Waals surface area contributed by atoms with Gasteiger partial charge in [-0.2, -0.15) is 0 Å². The van der Waals surface area contributed by atoms with Crippen LogP contribution in [-0.2, 0) is 6.54 Å². The Morgan fingerprint density at radius 1 is 1.29 bits per heavy atom. The molecule has 2 unspecified atom stereocenters. The Hall–Kier alpha value is -1.22. The maximum absolute atomic E-state index is 5.36. The van der Waals surface area contributed by atoms with Gasteiger partial charge in [0.1, 0.15) is 11.5 Å². The standard InChI is InChI=1S/C14H21NO2/c1-10-6-12(10)9-15-8-11-4-5-13(16-2)7-14(11)17-3/h4-5,7,10,12,15H,6,8-9H2,1-3H3. The fourth-order valence-corrected chi connectivity index (χ4v) is 2.07. The predicted octanol–water partition coefficient (Wildman–Crippen LogP) is 2.45. The summed E-state index contributed by atoms with van der Waals surface area (Å²) >= 11 is 0. The van der Waals surface area contributed by atoms with Crippen molar-refractivity contribution in [1.82, 2.24) is 5.32 Å². The van der Waals surface area contributed by atoms with Gasteiger partial charge >= 0.3 is 0 Å². The topological polar surface area (TPSA) is 30.5 Å². The van der Waals surface area contributed by atoms with Gasteiger partial charge in [0.15, 0.2) is 0 Å². The van der Waals surface area contributed by atoms with Crippen molar-refractivity contribution in [3.63, 3.8) is 0 Å². The first-order chi connectivity index (χ1) is 8.24. The molecule has 1 aliphatic rings. The van der Waals surface area contributed by atoms with Crippen LogP contribution in [0.4, 0.5) is 0 Å². The predicted molar refractivity (Wildman–Crippen MR) is 68.5 cm³/mol. The van der Waals surface area contributed by atoms with E-state index >= 15 is 0 Å². The smallest absolute Gasteiger partial charge is 0.127 e. The van der Waals surface area contributed by atoms with Crippen LogP contribution in [0, 0.1) is 11.8 Å². The second-order valence-electron chi connectivity index (χ2n) is 4.78. The van der Waals surface area contributed by atoms with Crippen LogP contribution in [-0.4, -0.2) is 20.8 Å². The molecule has 1 N–H and O–H groups in total. The van der Waals surface area contributed by atoms with Gasteiger partial charge in [-0.1, -0.05) is 13.0 Å². The number of methoxy groups -OCH3 is 2. The molecular weight excluding hydrogens is 214 g/mol. The number of hydrogen-bond acceptors (Lipinski definition) is 3. The maximum atomic E-state index is 5.36. The minimum atomic E-state index is 0.835. The number of ether oxygens (including phenoxy) is 2. The van der Waals surface area contributed by atoms with Crippen LogP contribution < -0.4 is 14.8 Å². The fourth-order valence-electron chi connectivity index (χ4n) is 2.07. The Labute approximate surface area is 103 Å². The molecule has 1 fully saturated rings. The maximum Gasteiger partial charge on any atom is 0.127 e. The van der Waals surface area contributed by atoms with Crippen LogP contribution >= 0.6 is 0 Å². The number of benzene rings is 1. The molecule has 0 spiro atoms. The normalized spacial score (nSPS) is 22.3. The lowest BCUT2D eigenvalue weighted by molar-refractivity contribution is 0.389. The van der Waals surface area contributed by atoms with E-state index < -0.39 is 0 Å². The zero-order valence-corrected chi connectivity index (χ0v) is 10.8. The highest BCUT2D eigenvalue weighted by molar-refractivity contribution is 5.40. The van der Waals surface area contributed by atoms with E-state index in [0.29, 0.717) is 0 Å². The molecule has 0 saturated heterocycles. The minimum absolute atomic E-state index is 0.835. The summed E-state index contributed by atoms with van der Waals surface area (Å²) in [5, 5.41) is 3.49. The highest BCUT2D eigenvalue weighted by Crippen LogP contribution is 2.36. The average Bonchev–Trinajstić information content (AvgIpc) is 3.05. The SMILES string of the molecule is COc1ccc(CNCC2CC2C)c(OC)c1. The highest BCUT2D eigenvalue weighted by Gasteiger charge is 2.31. The molecule has 3 nitrogen and oxygen atoms in total. The van der Waals surface area contributed by atoms with Gasteiger partial charge in [-0.15, -0.1) is 0 Å². The molecule has 1 aromatic rings. The molecule has 0 radical (unpaired) electrons. The summed E-state index contributed by atoms with van der Waals surface area (Å²) in [6, 6.07) is 5.96. The lowest BCUT2D eigenvalue weighted by atomic mass is 10.2. The Kier molecular flexibility index (Phi) is 3.89. The van der Waals surface area contributed by atoms with Gasteiger partial charge < -0.3 is 14.8 Å². The molecule has 0 aromatic heterocycles. The van der Waals surface area contributed by atoms with Crippen LogP contribution in [0.1, 0.15) is 18.9 Å². The third-order valence-corrected chi connectivity index (χ3v) is 3.49. The summed E-state index contributed by atoms with van der Waals surface area (Å²) in [6.45, 7) is 4.27. The third-order valence-electron chi connectivity index (χ3n) is 3.49. The lowest BCUT2D eigenvalue weighted by Crippen LogP contribution is -2.17. The van der Waals surface area contributed by atoms with Crippen molar-refractivity contribution in [2.45, 2.75) is 19.9 Å². The molecule has 1 aliphatic carbocycles. The Balaban J connectivity index is 1.90. The van der Waals surface area contributed by atoms with E-state index in [0.717, 1.165) is 36.4 Å². The molecule has 2 atom stereocenters. The van der Waals surface area contributed by atoms with Crippen LogP contribution in [0.25, 0.3) is 0 Å². The number of hydrogen-bond donors (Lipinski definition) is 1. The van der Waals surface area contributed by atoms with Gasteiger partial charge in [-0.3, -0.25) is 0 Å². The summed E-state index contributed by atoms with van der Waals surface area (Å²) in [5.74, 6) is 3.50. The van der Waals surface area contributed by atoms with E-state index in [1.54, 1.807) is 14.2 Å². The summed E-state index contributed by atoms with van der Waals surface area (Å²) in [6.07, 6.45) is 1.37. The van der Waals surface area contributed by atoms with E-state index in [2.05, 4.69) is 18.3 Å². The molecule has 17 heavy (non-hydrogen) atoms.